The molecule has 2 heterocycles. The van der Waals surface area contributed by atoms with Crippen molar-refractivity contribution in [3.63, 3.8) is 0 Å². The number of nitrogens with zero attached hydrogens (tertiary/aromatic N) is 3. The minimum atomic E-state index is -0.508. The normalized spacial score (nSPS) is 11.0. The maximum absolute atomic E-state index is 12.7. The van der Waals surface area contributed by atoms with Crippen LogP contribution in [0, 0.1) is 0 Å². The smallest absolute Gasteiger partial charge is 0.276 e. The minimum absolute atomic E-state index is 0.299. The van der Waals surface area contributed by atoms with Crippen molar-refractivity contribution in [3.8, 4) is 0 Å². The zero-order valence-electron chi connectivity index (χ0n) is 14.1. The monoisotopic (exact) mass is 337 g/mol. The first kappa shape index (κ1) is 16.7. The molecule has 3 N–H and O–H groups in total. The van der Waals surface area contributed by atoms with Crippen molar-refractivity contribution in [2.75, 3.05) is 19.4 Å². The third kappa shape index (κ3) is 3.51. The van der Waals surface area contributed by atoms with Crippen LogP contribution in [0.15, 0.2) is 48.7 Å². The fourth-order valence-electron chi connectivity index (χ4n) is 2.59. The summed E-state index contributed by atoms with van der Waals surface area (Å²) in [5.41, 5.74) is 8.08. The van der Waals surface area contributed by atoms with Crippen LogP contribution in [-0.2, 0) is 6.54 Å². The van der Waals surface area contributed by atoms with Gasteiger partial charge in [0.1, 0.15) is 5.65 Å². The third-order valence-electron chi connectivity index (χ3n) is 3.74. The van der Waals surface area contributed by atoms with Crippen LogP contribution in [0.5, 0.6) is 0 Å². The highest BCUT2D eigenvalue weighted by molar-refractivity contribution is 6.04. The average molecular weight is 337 g/mol. The Hall–Kier alpha value is -3.19. The maximum atomic E-state index is 12.7. The number of hydrogen-bond donors (Lipinski definition) is 2. The highest BCUT2D eigenvalue weighted by Crippen LogP contribution is 2.17. The number of carbonyl (C=O) groups is 2. The first-order valence-corrected chi connectivity index (χ1v) is 7.77. The quantitative estimate of drug-likeness (QED) is 0.742. The van der Waals surface area contributed by atoms with Gasteiger partial charge in [0.2, 0.25) is 5.91 Å². The largest absolute Gasteiger partial charge is 0.366 e. The van der Waals surface area contributed by atoms with E-state index in [4.69, 9.17) is 5.73 Å². The second-order valence-electron chi connectivity index (χ2n) is 5.97. The van der Waals surface area contributed by atoms with Crippen LogP contribution in [0.3, 0.4) is 0 Å². The molecule has 0 fully saturated rings. The second-order valence-corrected chi connectivity index (χ2v) is 5.97. The van der Waals surface area contributed by atoms with E-state index in [0.29, 0.717) is 29.1 Å². The van der Waals surface area contributed by atoms with Crippen LogP contribution in [-0.4, -0.2) is 40.2 Å². The van der Waals surface area contributed by atoms with E-state index >= 15 is 0 Å². The van der Waals surface area contributed by atoms with E-state index in [-0.39, 0.29) is 5.91 Å². The summed E-state index contributed by atoms with van der Waals surface area (Å²) in [4.78, 5) is 30.3. The number of pyridine rings is 1. The molecule has 0 aliphatic rings. The highest BCUT2D eigenvalue weighted by Gasteiger charge is 2.19. The number of anilines is 1. The predicted octanol–water partition coefficient (Wildman–Crippen LogP) is 1.75. The molecule has 7 nitrogen and oxygen atoms in total. The van der Waals surface area contributed by atoms with Gasteiger partial charge in [0.15, 0.2) is 5.69 Å². The summed E-state index contributed by atoms with van der Waals surface area (Å²) >= 11 is 0. The number of nitrogens with one attached hydrogen (secondary N) is 1. The lowest BCUT2D eigenvalue weighted by Crippen LogP contribution is -2.19. The first-order chi connectivity index (χ1) is 12.0. The number of rotatable bonds is 5. The molecule has 0 bridgehead atoms. The fraction of sp³-hybridized carbons (Fsp3) is 0.167. The Kier molecular flexibility index (Phi) is 4.49. The number of hydrogen-bond acceptors (Lipinski definition) is 4. The van der Waals surface area contributed by atoms with Crippen molar-refractivity contribution < 1.29 is 9.59 Å². The van der Waals surface area contributed by atoms with Crippen LogP contribution >= 0.6 is 0 Å². The SMILES string of the molecule is CN(C)Cc1c(C(=O)Nc2ccc(C(N)=O)cc2)nc2ccccn12. The Morgan fingerprint density at radius 1 is 1.16 bits per heavy atom. The van der Waals surface area contributed by atoms with E-state index in [0.717, 1.165) is 5.69 Å². The first-order valence-electron chi connectivity index (χ1n) is 7.77. The lowest BCUT2D eigenvalue weighted by atomic mass is 10.2. The van der Waals surface area contributed by atoms with Crippen LogP contribution in [0.25, 0.3) is 5.65 Å². The van der Waals surface area contributed by atoms with Crippen LogP contribution in [0.4, 0.5) is 5.69 Å². The Balaban J connectivity index is 1.92. The zero-order chi connectivity index (χ0) is 18.0. The molecule has 0 spiro atoms. The number of aromatic nitrogens is 2. The van der Waals surface area contributed by atoms with Crippen molar-refractivity contribution in [1.82, 2.24) is 14.3 Å². The fourth-order valence-corrected chi connectivity index (χ4v) is 2.59. The van der Waals surface area contributed by atoms with Gasteiger partial charge in [-0.25, -0.2) is 4.98 Å². The van der Waals surface area contributed by atoms with E-state index in [2.05, 4.69) is 10.3 Å². The van der Waals surface area contributed by atoms with Gasteiger partial charge in [-0.1, -0.05) is 6.07 Å². The summed E-state index contributed by atoms with van der Waals surface area (Å²) in [6, 6.07) is 12.1. The van der Waals surface area contributed by atoms with Crippen molar-refractivity contribution in [1.29, 1.82) is 0 Å². The average Bonchev–Trinajstić information content (AvgIpc) is 2.93. The number of nitrogens with two attached hydrogens (primary N) is 1. The Labute approximate surface area is 145 Å². The van der Waals surface area contributed by atoms with E-state index in [9.17, 15) is 9.59 Å². The molecule has 2 amide bonds. The summed E-state index contributed by atoms with van der Waals surface area (Å²) in [6.07, 6.45) is 1.89. The minimum Gasteiger partial charge on any atom is -0.366 e. The van der Waals surface area contributed by atoms with Gasteiger partial charge in [0.05, 0.1) is 5.69 Å². The van der Waals surface area contributed by atoms with Crippen molar-refractivity contribution in [3.05, 3.63) is 65.6 Å². The summed E-state index contributed by atoms with van der Waals surface area (Å²) in [6.45, 7) is 0.578. The van der Waals surface area contributed by atoms with Crippen molar-refractivity contribution >= 4 is 23.1 Å². The summed E-state index contributed by atoms with van der Waals surface area (Å²) in [5.74, 6) is -0.807. The molecular weight excluding hydrogens is 318 g/mol. The lowest BCUT2D eigenvalue weighted by molar-refractivity contribution is 0.0997. The number of benzene rings is 1. The van der Waals surface area contributed by atoms with Gasteiger partial charge >= 0.3 is 0 Å². The zero-order valence-corrected chi connectivity index (χ0v) is 14.1. The van der Waals surface area contributed by atoms with Gasteiger partial charge in [0.25, 0.3) is 5.91 Å². The Morgan fingerprint density at radius 2 is 1.88 bits per heavy atom. The van der Waals surface area contributed by atoms with Gasteiger partial charge < -0.3 is 20.4 Å². The molecule has 0 radical (unpaired) electrons. The molecule has 3 rings (SSSR count). The van der Waals surface area contributed by atoms with Gasteiger partial charge in [-0.2, -0.15) is 0 Å². The molecular formula is C18H19N5O2. The van der Waals surface area contributed by atoms with Gasteiger partial charge in [-0.05, 0) is 50.5 Å². The van der Waals surface area contributed by atoms with Crippen molar-refractivity contribution in [2.24, 2.45) is 5.73 Å². The molecule has 2 aromatic heterocycles. The summed E-state index contributed by atoms with van der Waals surface area (Å²) in [5, 5.41) is 2.81. The maximum Gasteiger partial charge on any atom is 0.276 e. The Bertz CT molecular complexity index is 928. The molecule has 1 aromatic carbocycles. The van der Waals surface area contributed by atoms with Crippen LogP contribution in [0.1, 0.15) is 26.5 Å². The van der Waals surface area contributed by atoms with Gasteiger partial charge in [-0.3, -0.25) is 9.59 Å². The van der Waals surface area contributed by atoms with E-state index in [1.807, 2.05) is 47.8 Å². The Morgan fingerprint density at radius 3 is 2.52 bits per heavy atom. The standard InChI is InChI=1S/C18H19N5O2/c1-22(2)11-14-16(21-15-5-3-4-10-23(14)15)18(25)20-13-8-6-12(7-9-13)17(19)24/h3-10H,11H2,1-2H3,(H2,19,24)(H,20,25). The second kappa shape index (κ2) is 6.74. The van der Waals surface area contributed by atoms with E-state index < -0.39 is 5.91 Å². The van der Waals surface area contributed by atoms with Crippen LogP contribution < -0.4 is 11.1 Å². The third-order valence-corrected chi connectivity index (χ3v) is 3.74. The molecule has 0 unspecified atom stereocenters. The van der Waals surface area contributed by atoms with Crippen molar-refractivity contribution in [2.45, 2.75) is 6.54 Å². The number of carbonyl (C=O) groups excluding carboxylic acids is 2. The number of fused-ring (bicyclic) bond motifs is 1. The summed E-state index contributed by atoms with van der Waals surface area (Å²) < 4.78 is 1.91. The molecule has 25 heavy (non-hydrogen) atoms. The molecule has 0 atom stereocenters. The van der Waals surface area contributed by atoms with Gasteiger partial charge in [-0.15, -0.1) is 0 Å². The molecule has 0 aliphatic carbocycles. The van der Waals surface area contributed by atoms with Gasteiger partial charge in [0, 0.05) is 24.0 Å². The van der Waals surface area contributed by atoms with E-state index in [1.54, 1.807) is 24.3 Å². The molecule has 0 saturated carbocycles. The predicted molar refractivity (Wildman–Crippen MR) is 95.5 cm³/mol. The summed E-state index contributed by atoms with van der Waals surface area (Å²) in [7, 11) is 3.87. The molecule has 0 saturated heterocycles. The van der Waals surface area contributed by atoms with E-state index in [1.165, 1.54) is 0 Å². The number of amides is 2. The lowest BCUT2D eigenvalue weighted by Gasteiger charge is -2.11. The van der Waals surface area contributed by atoms with Crippen LogP contribution in [0.2, 0.25) is 0 Å². The number of imidazole rings is 1. The molecule has 3 aromatic rings. The molecule has 0 aliphatic heterocycles. The highest BCUT2D eigenvalue weighted by atomic mass is 16.2. The topological polar surface area (TPSA) is 92.7 Å². The molecule has 7 heteroatoms. The number of primary amides is 1. The molecule has 128 valence electrons.